The van der Waals surface area contributed by atoms with Gasteiger partial charge in [-0.2, -0.15) is 0 Å². The third kappa shape index (κ3) is 3.56. The van der Waals surface area contributed by atoms with E-state index in [1.54, 1.807) is 35.6 Å². The number of nitrogens with one attached hydrogen (secondary N) is 1. The number of aromatic nitrogens is 1. The highest BCUT2D eigenvalue weighted by Gasteiger charge is 2.19. The summed E-state index contributed by atoms with van der Waals surface area (Å²) in [7, 11) is 0. The summed E-state index contributed by atoms with van der Waals surface area (Å²) in [6.45, 7) is 3.89. The molecule has 3 nitrogen and oxygen atoms in total. The second kappa shape index (κ2) is 6.68. The minimum absolute atomic E-state index is 0.362. The standard InChI is InChI=1S/C18H13F3N2OS/c1-9-17(22-10(2)25-9)11-3-5-13(6-4-11)23-18(24)16-14(20)7-12(19)8-15(16)21/h3-8H,1-2H3,(H,23,24). The summed E-state index contributed by atoms with van der Waals surface area (Å²) in [6.07, 6.45) is 0. The Morgan fingerprint density at radius 3 is 2.16 bits per heavy atom. The summed E-state index contributed by atoms with van der Waals surface area (Å²) in [4.78, 5) is 17.6. The number of amides is 1. The number of benzene rings is 2. The monoisotopic (exact) mass is 362 g/mol. The molecule has 0 spiro atoms. The average Bonchev–Trinajstić information content (AvgIpc) is 2.85. The molecule has 7 heteroatoms. The summed E-state index contributed by atoms with van der Waals surface area (Å²) in [6, 6.07) is 7.67. The molecule has 0 fully saturated rings. The van der Waals surface area contributed by atoms with E-state index in [1.165, 1.54) is 0 Å². The van der Waals surface area contributed by atoms with E-state index in [0.29, 0.717) is 17.8 Å². The SMILES string of the molecule is Cc1nc(-c2ccc(NC(=O)c3c(F)cc(F)cc3F)cc2)c(C)s1. The molecular weight excluding hydrogens is 349 g/mol. The van der Waals surface area contributed by atoms with Gasteiger partial charge in [0.05, 0.1) is 10.7 Å². The first-order valence-electron chi connectivity index (χ1n) is 7.35. The largest absolute Gasteiger partial charge is 0.322 e. The van der Waals surface area contributed by atoms with Crippen LogP contribution in [0.15, 0.2) is 36.4 Å². The summed E-state index contributed by atoms with van der Waals surface area (Å²) in [5.74, 6) is -4.56. The molecule has 0 aliphatic rings. The van der Waals surface area contributed by atoms with Gasteiger partial charge in [-0.05, 0) is 26.0 Å². The van der Waals surface area contributed by atoms with Crippen molar-refractivity contribution in [3.05, 3.63) is 69.3 Å². The van der Waals surface area contributed by atoms with Gasteiger partial charge in [0.15, 0.2) is 0 Å². The van der Waals surface area contributed by atoms with Gasteiger partial charge in [0, 0.05) is 28.3 Å². The lowest BCUT2D eigenvalue weighted by molar-refractivity contribution is 0.101. The summed E-state index contributed by atoms with van der Waals surface area (Å²) in [5.41, 5.74) is 1.27. The smallest absolute Gasteiger partial charge is 0.261 e. The molecule has 1 amide bonds. The lowest BCUT2D eigenvalue weighted by Crippen LogP contribution is -2.16. The van der Waals surface area contributed by atoms with Crippen molar-refractivity contribution in [3.63, 3.8) is 0 Å². The minimum atomic E-state index is -1.25. The molecule has 0 atom stereocenters. The molecule has 1 heterocycles. The number of carbonyl (C=O) groups excluding carboxylic acids is 1. The fourth-order valence-electron chi connectivity index (χ4n) is 2.46. The molecule has 0 aliphatic carbocycles. The molecule has 0 radical (unpaired) electrons. The van der Waals surface area contributed by atoms with Gasteiger partial charge in [-0.1, -0.05) is 12.1 Å². The Hall–Kier alpha value is -2.67. The number of aryl methyl sites for hydroxylation is 2. The van der Waals surface area contributed by atoms with E-state index in [2.05, 4.69) is 10.3 Å². The topological polar surface area (TPSA) is 42.0 Å². The molecule has 0 unspecified atom stereocenters. The zero-order chi connectivity index (χ0) is 18.1. The highest BCUT2D eigenvalue weighted by molar-refractivity contribution is 7.11. The fourth-order valence-corrected chi connectivity index (χ4v) is 3.30. The lowest BCUT2D eigenvalue weighted by atomic mass is 10.1. The van der Waals surface area contributed by atoms with Crippen molar-refractivity contribution in [2.45, 2.75) is 13.8 Å². The van der Waals surface area contributed by atoms with Gasteiger partial charge in [-0.25, -0.2) is 18.2 Å². The van der Waals surface area contributed by atoms with Crippen LogP contribution >= 0.6 is 11.3 Å². The zero-order valence-electron chi connectivity index (χ0n) is 13.4. The van der Waals surface area contributed by atoms with Crippen molar-refractivity contribution >= 4 is 22.9 Å². The second-order valence-electron chi connectivity index (χ2n) is 5.41. The Morgan fingerprint density at radius 1 is 1.04 bits per heavy atom. The molecule has 128 valence electrons. The number of carbonyl (C=O) groups is 1. The Kier molecular flexibility index (Phi) is 4.59. The van der Waals surface area contributed by atoms with Crippen molar-refractivity contribution in [1.29, 1.82) is 0 Å². The molecule has 0 aliphatic heterocycles. The van der Waals surface area contributed by atoms with Crippen LogP contribution in [0.1, 0.15) is 20.2 Å². The van der Waals surface area contributed by atoms with E-state index in [1.807, 2.05) is 13.8 Å². The van der Waals surface area contributed by atoms with Crippen LogP contribution in [0, 0.1) is 31.3 Å². The number of thiazole rings is 1. The van der Waals surface area contributed by atoms with Crippen LogP contribution in [0.2, 0.25) is 0 Å². The third-order valence-corrected chi connectivity index (χ3v) is 4.44. The van der Waals surface area contributed by atoms with Crippen molar-refractivity contribution in [2.75, 3.05) is 5.32 Å². The van der Waals surface area contributed by atoms with Crippen LogP contribution in [0.25, 0.3) is 11.3 Å². The Labute approximate surface area is 146 Å². The Bertz CT molecular complexity index is 928. The van der Waals surface area contributed by atoms with Crippen molar-refractivity contribution in [1.82, 2.24) is 4.98 Å². The highest BCUT2D eigenvalue weighted by Crippen LogP contribution is 2.28. The molecule has 1 aromatic heterocycles. The van der Waals surface area contributed by atoms with E-state index in [9.17, 15) is 18.0 Å². The first-order valence-corrected chi connectivity index (χ1v) is 8.17. The number of anilines is 1. The first kappa shape index (κ1) is 17.2. The van der Waals surface area contributed by atoms with Gasteiger partial charge in [0.2, 0.25) is 0 Å². The van der Waals surface area contributed by atoms with Crippen LogP contribution < -0.4 is 5.32 Å². The quantitative estimate of drug-likeness (QED) is 0.705. The summed E-state index contributed by atoms with van der Waals surface area (Å²) in [5, 5.41) is 3.35. The maximum absolute atomic E-state index is 13.6. The van der Waals surface area contributed by atoms with Crippen molar-refractivity contribution in [2.24, 2.45) is 0 Å². The zero-order valence-corrected chi connectivity index (χ0v) is 14.2. The molecule has 0 saturated heterocycles. The van der Waals surface area contributed by atoms with Gasteiger partial charge >= 0.3 is 0 Å². The van der Waals surface area contributed by atoms with Gasteiger partial charge < -0.3 is 5.32 Å². The predicted octanol–water partition coefficient (Wildman–Crippen LogP) is 5.10. The minimum Gasteiger partial charge on any atom is -0.322 e. The number of hydrogen-bond donors (Lipinski definition) is 1. The van der Waals surface area contributed by atoms with Crippen LogP contribution in [0.5, 0.6) is 0 Å². The van der Waals surface area contributed by atoms with E-state index >= 15 is 0 Å². The van der Waals surface area contributed by atoms with Gasteiger partial charge in [-0.3, -0.25) is 4.79 Å². The van der Waals surface area contributed by atoms with E-state index in [-0.39, 0.29) is 0 Å². The molecule has 3 aromatic rings. The number of hydrogen-bond acceptors (Lipinski definition) is 3. The van der Waals surface area contributed by atoms with Crippen molar-refractivity contribution < 1.29 is 18.0 Å². The van der Waals surface area contributed by atoms with Gasteiger partial charge in [0.1, 0.15) is 23.0 Å². The second-order valence-corrected chi connectivity index (χ2v) is 6.82. The molecule has 1 N–H and O–H groups in total. The Balaban J connectivity index is 1.82. The van der Waals surface area contributed by atoms with Gasteiger partial charge in [-0.15, -0.1) is 11.3 Å². The van der Waals surface area contributed by atoms with E-state index < -0.39 is 28.9 Å². The van der Waals surface area contributed by atoms with Crippen molar-refractivity contribution in [3.8, 4) is 11.3 Å². The van der Waals surface area contributed by atoms with Crippen LogP contribution in [0.3, 0.4) is 0 Å². The van der Waals surface area contributed by atoms with Gasteiger partial charge in [0.25, 0.3) is 5.91 Å². The van der Waals surface area contributed by atoms with Crippen LogP contribution in [0.4, 0.5) is 18.9 Å². The molecule has 0 bridgehead atoms. The molecule has 2 aromatic carbocycles. The van der Waals surface area contributed by atoms with Crippen LogP contribution in [-0.2, 0) is 0 Å². The Morgan fingerprint density at radius 2 is 1.64 bits per heavy atom. The summed E-state index contributed by atoms with van der Waals surface area (Å²) < 4.78 is 40.2. The molecule has 0 saturated carbocycles. The average molecular weight is 362 g/mol. The number of halogens is 3. The van der Waals surface area contributed by atoms with E-state index in [4.69, 9.17) is 0 Å². The summed E-state index contributed by atoms with van der Waals surface area (Å²) >= 11 is 1.59. The first-order chi connectivity index (χ1) is 11.8. The molecular formula is C18H13F3N2OS. The normalized spacial score (nSPS) is 10.8. The van der Waals surface area contributed by atoms with Crippen LogP contribution in [-0.4, -0.2) is 10.9 Å². The lowest BCUT2D eigenvalue weighted by Gasteiger charge is -2.08. The molecule has 25 heavy (non-hydrogen) atoms. The number of rotatable bonds is 3. The predicted molar refractivity (Wildman–Crippen MR) is 91.3 cm³/mol. The maximum atomic E-state index is 13.6. The highest BCUT2D eigenvalue weighted by atomic mass is 32.1. The maximum Gasteiger partial charge on any atom is 0.261 e. The number of nitrogens with zero attached hydrogens (tertiary/aromatic N) is 1. The fraction of sp³-hybridized carbons (Fsp3) is 0.111. The van der Waals surface area contributed by atoms with E-state index in [0.717, 1.165) is 21.1 Å². The third-order valence-electron chi connectivity index (χ3n) is 3.55. The molecule has 3 rings (SSSR count).